The van der Waals surface area contributed by atoms with E-state index in [0.717, 1.165) is 6.42 Å². The molecule has 0 bridgehead atoms. The van der Waals surface area contributed by atoms with Gasteiger partial charge in [0.15, 0.2) is 0 Å². The molecule has 0 spiro atoms. The molecule has 0 aromatic carbocycles. The van der Waals surface area contributed by atoms with Crippen LogP contribution in [-0.2, 0) is 10.0 Å². The Hall–Kier alpha value is -0.130. The summed E-state index contributed by atoms with van der Waals surface area (Å²) < 4.78 is 26.4. The van der Waals surface area contributed by atoms with E-state index < -0.39 is 10.0 Å². The van der Waals surface area contributed by atoms with Crippen LogP contribution in [0, 0.1) is 11.8 Å². The van der Waals surface area contributed by atoms with Crippen LogP contribution in [0.5, 0.6) is 0 Å². The van der Waals surface area contributed by atoms with Crippen LogP contribution in [0.15, 0.2) is 0 Å². The molecule has 0 aliphatic heterocycles. The van der Waals surface area contributed by atoms with Gasteiger partial charge in [0.2, 0.25) is 10.0 Å². The van der Waals surface area contributed by atoms with Gasteiger partial charge in [-0.05, 0) is 25.2 Å². The van der Waals surface area contributed by atoms with Crippen molar-refractivity contribution in [3.63, 3.8) is 0 Å². The van der Waals surface area contributed by atoms with Gasteiger partial charge in [0.1, 0.15) is 0 Å². The van der Waals surface area contributed by atoms with E-state index in [0.29, 0.717) is 31.0 Å². The Morgan fingerprint density at radius 2 is 1.88 bits per heavy atom. The van der Waals surface area contributed by atoms with E-state index in [9.17, 15) is 8.42 Å². The average Bonchev–Trinajstić information content (AvgIpc) is 2.88. The third kappa shape index (κ3) is 4.39. The molecule has 0 amide bonds. The van der Waals surface area contributed by atoms with Crippen LogP contribution in [0.25, 0.3) is 0 Å². The van der Waals surface area contributed by atoms with Crippen LogP contribution >= 0.6 is 0 Å². The number of nitrogens with one attached hydrogen (secondary N) is 2. The maximum Gasteiger partial charge on any atom is 0.215 e. The lowest BCUT2D eigenvalue weighted by Crippen LogP contribution is -2.41. The van der Waals surface area contributed by atoms with Gasteiger partial charge < -0.3 is 5.32 Å². The van der Waals surface area contributed by atoms with Crippen LogP contribution in [0.3, 0.4) is 0 Å². The van der Waals surface area contributed by atoms with Gasteiger partial charge in [-0.25, -0.2) is 13.1 Å². The molecule has 1 aliphatic rings. The van der Waals surface area contributed by atoms with E-state index in [1.54, 1.807) is 6.92 Å². The molecule has 5 heteroatoms. The van der Waals surface area contributed by atoms with Crippen LogP contribution in [-0.4, -0.2) is 32.8 Å². The normalized spacial score (nSPS) is 27.1. The zero-order valence-corrected chi connectivity index (χ0v) is 11.5. The quantitative estimate of drug-likeness (QED) is 0.705. The fourth-order valence-electron chi connectivity index (χ4n) is 1.56. The van der Waals surface area contributed by atoms with E-state index in [1.807, 2.05) is 13.8 Å². The number of hydrogen-bond acceptors (Lipinski definition) is 3. The number of sulfonamides is 1. The first-order chi connectivity index (χ1) is 7.33. The summed E-state index contributed by atoms with van der Waals surface area (Å²) >= 11 is 0. The molecule has 0 aromatic heterocycles. The minimum atomic E-state index is -3.15. The zero-order chi connectivity index (χ0) is 12.3. The lowest BCUT2D eigenvalue weighted by atomic mass is 10.3. The van der Waals surface area contributed by atoms with Gasteiger partial charge in [-0.2, -0.15) is 0 Å². The van der Waals surface area contributed by atoms with Crippen molar-refractivity contribution in [1.82, 2.24) is 10.0 Å². The molecular formula is C11H24N2O2S. The highest BCUT2D eigenvalue weighted by molar-refractivity contribution is 7.90. The third-order valence-corrected chi connectivity index (χ3v) is 4.96. The Labute approximate surface area is 99.2 Å². The van der Waals surface area contributed by atoms with E-state index in [-0.39, 0.29) is 5.25 Å². The molecule has 3 unspecified atom stereocenters. The Kier molecular flexibility index (Phi) is 4.76. The molecule has 0 radical (unpaired) electrons. The van der Waals surface area contributed by atoms with Crippen molar-refractivity contribution in [1.29, 1.82) is 0 Å². The van der Waals surface area contributed by atoms with Crippen LogP contribution in [0.2, 0.25) is 0 Å². The summed E-state index contributed by atoms with van der Waals surface area (Å²) in [5.41, 5.74) is 0. The summed E-state index contributed by atoms with van der Waals surface area (Å²) in [5, 5.41) is 2.77. The largest absolute Gasteiger partial charge is 0.313 e. The fourth-order valence-corrected chi connectivity index (χ4v) is 2.61. The van der Waals surface area contributed by atoms with Crippen molar-refractivity contribution in [2.45, 2.75) is 45.4 Å². The zero-order valence-electron chi connectivity index (χ0n) is 10.7. The molecule has 0 saturated heterocycles. The van der Waals surface area contributed by atoms with Crippen molar-refractivity contribution in [3.05, 3.63) is 0 Å². The molecule has 1 aliphatic carbocycles. The highest BCUT2D eigenvalue weighted by Gasteiger charge is 2.33. The molecule has 4 nitrogen and oxygen atoms in total. The molecule has 16 heavy (non-hydrogen) atoms. The van der Waals surface area contributed by atoms with E-state index >= 15 is 0 Å². The molecule has 0 aromatic rings. The van der Waals surface area contributed by atoms with Gasteiger partial charge in [-0.15, -0.1) is 0 Å². The van der Waals surface area contributed by atoms with Crippen LogP contribution < -0.4 is 10.0 Å². The summed E-state index contributed by atoms with van der Waals surface area (Å²) in [5.74, 6) is 1.24. The first kappa shape index (κ1) is 13.9. The molecule has 1 rings (SSSR count). The SMILES string of the molecule is CC(C)NCC(C)S(=O)(=O)NCC1CC1C. The summed E-state index contributed by atoms with van der Waals surface area (Å²) in [6, 6.07) is 0.320. The molecule has 0 heterocycles. The predicted molar refractivity (Wildman–Crippen MR) is 66.8 cm³/mol. The molecule has 1 fully saturated rings. The Morgan fingerprint density at radius 3 is 2.31 bits per heavy atom. The van der Waals surface area contributed by atoms with Gasteiger partial charge in [0.25, 0.3) is 0 Å². The first-order valence-electron chi connectivity index (χ1n) is 6.04. The predicted octanol–water partition coefficient (Wildman–Crippen LogP) is 0.948. The van der Waals surface area contributed by atoms with Crippen molar-refractivity contribution < 1.29 is 8.42 Å². The Balaban J connectivity index is 2.31. The topological polar surface area (TPSA) is 58.2 Å². The van der Waals surface area contributed by atoms with E-state index in [4.69, 9.17) is 0 Å². The van der Waals surface area contributed by atoms with Gasteiger partial charge in [-0.3, -0.25) is 0 Å². The van der Waals surface area contributed by atoms with Crippen molar-refractivity contribution >= 4 is 10.0 Å². The van der Waals surface area contributed by atoms with Gasteiger partial charge in [0.05, 0.1) is 5.25 Å². The average molecular weight is 248 g/mol. The third-order valence-electron chi connectivity index (χ3n) is 3.17. The summed E-state index contributed by atoms with van der Waals surface area (Å²) in [4.78, 5) is 0. The maximum atomic E-state index is 11.8. The van der Waals surface area contributed by atoms with Crippen molar-refractivity contribution in [2.24, 2.45) is 11.8 Å². The van der Waals surface area contributed by atoms with Crippen LogP contribution in [0.4, 0.5) is 0 Å². The summed E-state index contributed by atoms with van der Waals surface area (Å²) in [6.45, 7) is 9.04. The minimum absolute atomic E-state index is 0.320. The van der Waals surface area contributed by atoms with E-state index in [2.05, 4.69) is 17.0 Å². The second kappa shape index (κ2) is 5.47. The highest BCUT2D eigenvalue weighted by atomic mass is 32.2. The second-order valence-electron chi connectivity index (χ2n) is 5.24. The molecule has 3 atom stereocenters. The van der Waals surface area contributed by atoms with Crippen molar-refractivity contribution in [3.8, 4) is 0 Å². The highest BCUT2D eigenvalue weighted by Crippen LogP contribution is 2.36. The Bertz CT molecular complexity index is 314. The van der Waals surface area contributed by atoms with Crippen LogP contribution in [0.1, 0.15) is 34.1 Å². The van der Waals surface area contributed by atoms with Crippen molar-refractivity contribution in [2.75, 3.05) is 13.1 Å². The first-order valence-corrected chi connectivity index (χ1v) is 7.59. The lowest BCUT2D eigenvalue weighted by Gasteiger charge is -2.16. The molecule has 1 saturated carbocycles. The molecule has 96 valence electrons. The minimum Gasteiger partial charge on any atom is -0.313 e. The van der Waals surface area contributed by atoms with Gasteiger partial charge in [0, 0.05) is 19.1 Å². The molecular weight excluding hydrogens is 224 g/mol. The molecule has 2 N–H and O–H groups in total. The lowest BCUT2D eigenvalue weighted by molar-refractivity contribution is 0.537. The van der Waals surface area contributed by atoms with E-state index in [1.165, 1.54) is 0 Å². The second-order valence-corrected chi connectivity index (χ2v) is 7.42. The maximum absolute atomic E-state index is 11.8. The van der Waals surface area contributed by atoms with Gasteiger partial charge >= 0.3 is 0 Å². The standard InChI is InChI=1S/C11H24N2O2S/c1-8(2)12-6-10(4)16(14,15)13-7-11-5-9(11)3/h8-13H,5-7H2,1-4H3. The summed E-state index contributed by atoms with van der Waals surface area (Å²) in [7, 11) is -3.15. The number of rotatable bonds is 7. The Morgan fingerprint density at radius 1 is 1.31 bits per heavy atom. The summed E-state index contributed by atoms with van der Waals surface area (Å²) in [6.07, 6.45) is 1.15. The number of hydrogen-bond donors (Lipinski definition) is 2. The monoisotopic (exact) mass is 248 g/mol. The smallest absolute Gasteiger partial charge is 0.215 e. The fraction of sp³-hybridized carbons (Fsp3) is 1.00. The van der Waals surface area contributed by atoms with Gasteiger partial charge in [-0.1, -0.05) is 20.8 Å².